The normalized spacial score (nSPS) is 24.6. The lowest BCUT2D eigenvalue weighted by molar-refractivity contribution is 0.448. The van der Waals surface area contributed by atoms with Crippen molar-refractivity contribution in [3.63, 3.8) is 0 Å². The van der Waals surface area contributed by atoms with Gasteiger partial charge in [-0.2, -0.15) is 8.42 Å². The monoisotopic (exact) mass is 237 g/mol. The molecule has 1 aromatic rings. The number of allylic oxidation sites excluding steroid dienone is 3. The zero-order valence-corrected chi connectivity index (χ0v) is 9.26. The summed E-state index contributed by atoms with van der Waals surface area (Å²) < 4.78 is 31.1. The molecule has 1 aliphatic carbocycles. The maximum atomic E-state index is 11.6. The number of aromatic nitrogens is 1. The Balaban J connectivity index is 2.62. The molecule has 5 heteroatoms. The van der Waals surface area contributed by atoms with Gasteiger partial charge < -0.3 is 0 Å². The summed E-state index contributed by atoms with van der Waals surface area (Å²) in [6.45, 7) is 0. The van der Waals surface area contributed by atoms with Crippen molar-refractivity contribution in [1.82, 2.24) is 4.98 Å². The molecule has 1 heterocycles. The Morgan fingerprint density at radius 1 is 1.38 bits per heavy atom. The highest BCUT2D eigenvalue weighted by Crippen LogP contribution is 2.36. The molecule has 0 spiro atoms. The topological polar surface area (TPSA) is 67.3 Å². The van der Waals surface area contributed by atoms with Crippen molar-refractivity contribution in [1.29, 1.82) is 0 Å². The van der Waals surface area contributed by atoms with Crippen molar-refractivity contribution in [3.8, 4) is 0 Å². The van der Waals surface area contributed by atoms with Gasteiger partial charge in [-0.3, -0.25) is 9.54 Å². The first-order valence-electron chi connectivity index (χ1n) is 4.78. The number of hydrogen-bond donors (Lipinski definition) is 1. The van der Waals surface area contributed by atoms with Gasteiger partial charge in [0, 0.05) is 12.4 Å². The molecule has 16 heavy (non-hydrogen) atoms. The second kappa shape index (κ2) is 3.84. The van der Waals surface area contributed by atoms with Crippen LogP contribution in [0.1, 0.15) is 12.0 Å². The molecule has 0 aromatic carbocycles. The van der Waals surface area contributed by atoms with Crippen LogP contribution in [0.15, 0.2) is 48.8 Å². The summed E-state index contributed by atoms with van der Waals surface area (Å²) >= 11 is 0. The number of pyridine rings is 1. The van der Waals surface area contributed by atoms with Crippen molar-refractivity contribution < 1.29 is 13.0 Å². The van der Waals surface area contributed by atoms with E-state index in [1.54, 1.807) is 36.6 Å². The molecule has 0 bridgehead atoms. The standard InChI is InChI=1S/C11H11NO3S/c13-16(14,15)11(6-2-1-3-7-11)10-5-4-8-12-9-10/h1-6,8-9H,7H2,(H,13,14,15). The fourth-order valence-corrected chi connectivity index (χ4v) is 2.74. The zero-order chi connectivity index (χ0) is 11.6. The van der Waals surface area contributed by atoms with Gasteiger partial charge in [0.05, 0.1) is 0 Å². The predicted molar refractivity (Wildman–Crippen MR) is 60.4 cm³/mol. The predicted octanol–water partition coefficient (Wildman–Crippen LogP) is 1.68. The van der Waals surface area contributed by atoms with E-state index in [4.69, 9.17) is 0 Å². The van der Waals surface area contributed by atoms with Crippen LogP contribution in [0.5, 0.6) is 0 Å². The van der Waals surface area contributed by atoms with Gasteiger partial charge in [0.25, 0.3) is 10.1 Å². The van der Waals surface area contributed by atoms with E-state index >= 15 is 0 Å². The van der Waals surface area contributed by atoms with Crippen molar-refractivity contribution in [2.24, 2.45) is 0 Å². The quantitative estimate of drug-likeness (QED) is 0.795. The highest BCUT2D eigenvalue weighted by molar-refractivity contribution is 7.87. The third-order valence-electron chi connectivity index (χ3n) is 2.64. The minimum atomic E-state index is -4.22. The van der Waals surface area contributed by atoms with E-state index < -0.39 is 14.9 Å². The summed E-state index contributed by atoms with van der Waals surface area (Å²) in [5, 5.41) is 0. The molecule has 0 saturated heterocycles. The SMILES string of the molecule is O=S(=O)(O)C1(c2cccnc2)C=CC=CC1. The average Bonchev–Trinajstić information content (AvgIpc) is 2.30. The lowest BCUT2D eigenvalue weighted by atomic mass is 9.93. The van der Waals surface area contributed by atoms with E-state index in [0.29, 0.717) is 5.56 Å². The number of nitrogens with zero attached hydrogens (tertiary/aromatic N) is 1. The van der Waals surface area contributed by atoms with Gasteiger partial charge >= 0.3 is 0 Å². The third kappa shape index (κ3) is 1.68. The molecule has 1 unspecified atom stereocenters. The van der Waals surface area contributed by atoms with Crippen LogP contribution in [0.25, 0.3) is 0 Å². The summed E-state index contributed by atoms with van der Waals surface area (Å²) in [5.41, 5.74) is 0.470. The number of hydrogen-bond acceptors (Lipinski definition) is 3. The van der Waals surface area contributed by atoms with Gasteiger partial charge in [-0.15, -0.1) is 0 Å². The smallest absolute Gasteiger partial charge is 0.278 e. The minimum absolute atomic E-state index is 0.216. The fourth-order valence-electron chi connectivity index (χ4n) is 1.77. The van der Waals surface area contributed by atoms with Gasteiger partial charge in [-0.25, -0.2) is 0 Å². The lowest BCUT2D eigenvalue weighted by Gasteiger charge is -2.27. The van der Waals surface area contributed by atoms with E-state index in [9.17, 15) is 13.0 Å². The summed E-state index contributed by atoms with van der Waals surface area (Å²) in [7, 11) is -4.22. The molecule has 1 aliphatic rings. The van der Waals surface area contributed by atoms with Crippen LogP contribution in [0.3, 0.4) is 0 Å². The summed E-state index contributed by atoms with van der Waals surface area (Å²) in [6.07, 6.45) is 9.79. The molecule has 0 radical (unpaired) electrons. The summed E-state index contributed by atoms with van der Waals surface area (Å²) in [4.78, 5) is 3.88. The van der Waals surface area contributed by atoms with Crippen molar-refractivity contribution in [2.45, 2.75) is 11.2 Å². The van der Waals surface area contributed by atoms with Crippen LogP contribution in [0.4, 0.5) is 0 Å². The maximum Gasteiger partial charge on any atom is 0.278 e. The van der Waals surface area contributed by atoms with E-state index in [-0.39, 0.29) is 6.42 Å². The van der Waals surface area contributed by atoms with Gasteiger partial charge in [0.15, 0.2) is 0 Å². The Morgan fingerprint density at radius 3 is 2.69 bits per heavy atom. The summed E-state index contributed by atoms with van der Waals surface area (Å²) in [5.74, 6) is 0. The van der Waals surface area contributed by atoms with Crippen molar-refractivity contribution >= 4 is 10.1 Å². The first-order valence-corrected chi connectivity index (χ1v) is 6.22. The second-order valence-corrected chi connectivity index (χ2v) is 5.28. The molecule has 4 nitrogen and oxygen atoms in total. The minimum Gasteiger partial charge on any atom is -0.285 e. The molecular weight excluding hydrogens is 226 g/mol. The van der Waals surface area contributed by atoms with Gasteiger partial charge in [-0.1, -0.05) is 30.4 Å². The second-order valence-electron chi connectivity index (χ2n) is 3.60. The molecule has 84 valence electrons. The van der Waals surface area contributed by atoms with Crippen LogP contribution in [0, 0.1) is 0 Å². The Labute approximate surface area is 94.1 Å². The van der Waals surface area contributed by atoms with Crippen molar-refractivity contribution in [3.05, 3.63) is 54.4 Å². The first-order chi connectivity index (χ1) is 7.56. The van der Waals surface area contributed by atoms with Crippen LogP contribution in [-0.2, 0) is 14.9 Å². The Hall–Kier alpha value is -1.46. The van der Waals surface area contributed by atoms with E-state index in [1.807, 2.05) is 0 Å². The Bertz CT molecular complexity index is 534. The van der Waals surface area contributed by atoms with E-state index in [0.717, 1.165) is 0 Å². The average molecular weight is 237 g/mol. The zero-order valence-electron chi connectivity index (χ0n) is 8.45. The molecule has 0 amide bonds. The van der Waals surface area contributed by atoms with Gasteiger partial charge in [0.1, 0.15) is 4.75 Å². The Morgan fingerprint density at radius 2 is 2.19 bits per heavy atom. The lowest BCUT2D eigenvalue weighted by Crippen LogP contribution is -2.34. The van der Waals surface area contributed by atoms with Crippen LogP contribution < -0.4 is 0 Å². The first kappa shape index (κ1) is 11.0. The van der Waals surface area contributed by atoms with Gasteiger partial charge in [-0.05, 0) is 18.1 Å². The van der Waals surface area contributed by atoms with Crippen LogP contribution in [0.2, 0.25) is 0 Å². The fraction of sp³-hybridized carbons (Fsp3) is 0.182. The molecule has 0 aliphatic heterocycles. The molecular formula is C11H11NO3S. The molecule has 1 N–H and O–H groups in total. The van der Waals surface area contributed by atoms with Crippen LogP contribution >= 0.6 is 0 Å². The molecule has 0 fully saturated rings. The van der Waals surface area contributed by atoms with Crippen molar-refractivity contribution in [2.75, 3.05) is 0 Å². The molecule has 0 saturated carbocycles. The van der Waals surface area contributed by atoms with Crippen LogP contribution in [-0.4, -0.2) is 18.0 Å². The van der Waals surface area contributed by atoms with Gasteiger partial charge in [0.2, 0.25) is 0 Å². The molecule has 1 atom stereocenters. The molecule has 2 rings (SSSR count). The summed E-state index contributed by atoms with van der Waals surface area (Å²) in [6, 6.07) is 3.29. The highest BCUT2D eigenvalue weighted by Gasteiger charge is 2.42. The largest absolute Gasteiger partial charge is 0.285 e. The van der Waals surface area contributed by atoms with E-state index in [2.05, 4.69) is 4.98 Å². The van der Waals surface area contributed by atoms with E-state index in [1.165, 1.54) is 12.3 Å². The molecule has 1 aromatic heterocycles. The maximum absolute atomic E-state index is 11.6. The Kier molecular flexibility index (Phi) is 2.65. The highest BCUT2D eigenvalue weighted by atomic mass is 32.2. The third-order valence-corrected chi connectivity index (χ3v) is 4.10. The number of rotatable bonds is 2.